The molecule has 3 rings (SSSR count). The maximum atomic E-state index is 12.2. The zero-order chi connectivity index (χ0) is 17.8. The molecule has 0 atom stereocenters. The molecule has 1 N–H and O–H groups in total. The summed E-state index contributed by atoms with van der Waals surface area (Å²) in [5, 5.41) is 6.61. The first kappa shape index (κ1) is 16.7. The van der Waals surface area contributed by atoms with Crippen molar-refractivity contribution in [2.75, 3.05) is 11.9 Å². The summed E-state index contributed by atoms with van der Waals surface area (Å²) in [5.41, 5.74) is 3.45. The first-order chi connectivity index (χ1) is 12.0. The van der Waals surface area contributed by atoms with E-state index in [1.807, 2.05) is 44.2 Å². The van der Waals surface area contributed by atoms with Gasteiger partial charge in [-0.3, -0.25) is 4.79 Å². The predicted molar refractivity (Wildman–Crippen MR) is 94.5 cm³/mol. The molecular weight excluding hydrogens is 318 g/mol. The number of carbonyl (C=O) groups excluding carboxylic acids is 1. The molecule has 2 aromatic carbocycles. The Balaban J connectivity index is 1.69. The van der Waals surface area contributed by atoms with Gasteiger partial charge in [-0.05, 0) is 56.2 Å². The Morgan fingerprint density at radius 3 is 2.52 bits per heavy atom. The lowest BCUT2D eigenvalue weighted by molar-refractivity contribution is -0.118. The quantitative estimate of drug-likeness (QED) is 0.768. The van der Waals surface area contributed by atoms with Crippen LogP contribution in [-0.4, -0.2) is 22.7 Å². The van der Waals surface area contributed by atoms with Crippen molar-refractivity contribution in [3.63, 3.8) is 0 Å². The predicted octanol–water partition coefficient (Wildman–Crippen LogP) is 3.68. The number of rotatable bonds is 5. The third-order valence-corrected chi connectivity index (χ3v) is 3.52. The van der Waals surface area contributed by atoms with Crippen LogP contribution in [0.3, 0.4) is 0 Å². The molecule has 3 aromatic rings. The lowest BCUT2D eigenvalue weighted by Crippen LogP contribution is -2.20. The smallest absolute Gasteiger partial charge is 0.262 e. The molecule has 0 radical (unpaired) electrons. The molecule has 0 aliphatic heterocycles. The molecule has 25 heavy (non-hydrogen) atoms. The minimum Gasteiger partial charge on any atom is -0.484 e. The van der Waals surface area contributed by atoms with Gasteiger partial charge in [0.05, 0.1) is 11.3 Å². The number of carbonyl (C=O) groups is 1. The van der Waals surface area contributed by atoms with E-state index in [0.717, 1.165) is 11.1 Å². The Bertz CT molecular complexity index is 882. The second kappa shape index (κ2) is 7.17. The van der Waals surface area contributed by atoms with Crippen molar-refractivity contribution in [1.82, 2.24) is 10.1 Å². The number of benzene rings is 2. The fourth-order valence-electron chi connectivity index (χ4n) is 2.54. The molecule has 0 saturated heterocycles. The van der Waals surface area contributed by atoms with Crippen LogP contribution < -0.4 is 10.1 Å². The third kappa shape index (κ3) is 4.23. The van der Waals surface area contributed by atoms with Gasteiger partial charge in [-0.15, -0.1) is 0 Å². The fourth-order valence-corrected chi connectivity index (χ4v) is 2.54. The Morgan fingerprint density at radius 1 is 1.12 bits per heavy atom. The number of amides is 1. The molecule has 6 heteroatoms. The van der Waals surface area contributed by atoms with Crippen molar-refractivity contribution in [3.8, 4) is 17.2 Å². The van der Waals surface area contributed by atoms with Gasteiger partial charge in [0.1, 0.15) is 5.75 Å². The highest BCUT2D eigenvalue weighted by atomic mass is 16.5. The highest BCUT2D eigenvalue weighted by Gasteiger charge is 2.13. The highest BCUT2D eigenvalue weighted by Crippen LogP contribution is 2.26. The van der Waals surface area contributed by atoms with Gasteiger partial charge in [0.15, 0.2) is 12.4 Å². The van der Waals surface area contributed by atoms with Crippen molar-refractivity contribution >= 4 is 11.6 Å². The minimum atomic E-state index is -0.261. The van der Waals surface area contributed by atoms with Crippen LogP contribution >= 0.6 is 0 Å². The number of para-hydroxylation sites is 1. The van der Waals surface area contributed by atoms with Crippen molar-refractivity contribution in [3.05, 3.63) is 59.4 Å². The summed E-state index contributed by atoms with van der Waals surface area (Å²) in [6.45, 7) is 5.64. The number of hydrogen-bond acceptors (Lipinski definition) is 5. The van der Waals surface area contributed by atoms with Crippen molar-refractivity contribution in [2.24, 2.45) is 0 Å². The largest absolute Gasteiger partial charge is 0.484 e. The fraction of sp³-hybridized carbons (Fsp3) is 0.211. The normalized spacial score (nSPS) is 10.5. The molecule has 0 aliphatic rings. The molecule has 0 unspecified atom stereocenters. The average molecular weight is 337 g/mol. The van der Waals surface area contributed by atoms with Crippen molar-refractivity contribution in [1.29, 1.82) is 0 Å². The first-order valence-electron chi connectivity index (χ1n) is 7.92. The van der Waals surface area contributed by atoms with E-state index in [2.05, 4.69) is 21.5 Å². The summed E-state index contributed by atoms with van der Waals surface area (Å²) in [6.07, 6.45) is 0. The SMILES string of the molecule is Cc1cc(C)cc(OCC(=O)Nc2ccccc2-c2nc(C)no2)c1. The molecule has 0 aliphatic carbocycles. The highest BCUT2D eigenvalue weighted by molar-refractivity contribution is 5.95. The molecule has 6 nitrogen and oxygen atoms in total. The molecule has 0 bridgehead atoms. The molecular formula is C19H19N3O3. The van der Waals surface area contributed by atoms with Crippen LogP contribution in [-0.2, 0) is 4.79 Å². The van der Waals surface area contributed by atoms with Gasteiger partial charge in [-0.2, -0.15) is 4.98 Å². The number of anilines is 1. The maximum Gasteiger partial charge on any atom is 0.262 e. The summed E-state index contributed by atoms with van der Waals surface area (Å²) in [5.74, 6) is 1.31. The molecule has 1 aromatic heterocycles. The molecule has 0 spiro atoms. The number of nitrogens with zero attached hydrogens (tertiary/aromatic N) is 2. The van der Waals surface area contributed by atoms with E-state index in [4.69, 9.17) is 9.26 Å². The van der Waals surface area contributed by atoms with E-state index >= 15 is 0 Å². The molecule has 1 heterocycles. The van der Waals surface area contributed by atoms with Crippen LogP contribution in [0.4, 0.5) is 5.69 Å². The zero-order valence-electron chi connectivity index (χ0n) is 14.4. The summed E-state index contributed by atoms with van der Waals surface area (Å²) in [6, 6.07) is 13.1. The maximum absolute atomic E-state index is 12.2. The van der Waals surface area contributed by atoms with Crippen molar-refractivity contribution in [2.45, 2.75) is 20.8 Å². The van der Waals surface area contributed by atoms with E-state index in [-0.39, 0.29) is 12.5 Å². The van der Waals surface area contributed by atoms with Gasteiger partial charge in [-0.1, -0.05) is 23.4 Å². The Kier molecular flexibility index (Phi) is 4.79. The monoisotopic (exact) mass is 337 g/mol. The number of hydrogen-bond donors (Lipinski definition) is 1. The van der Waals surface area contributed by atoms with Crippen LogP contribution in [0.1, 0.15) is 17.0 Å². The van der Waals surface area contributed by atoms with E-state index in [9.17, 15) is 4.79 Å². The summed E-state index contributed by atoms with van der Waals surface area (Å²) in [4.78, 5) is 16.4. The van der Waals surface area contributed by atoms with Gasteiger partial charge in [0.2, 0.25) is 0 Å². The average Bonchev–Trinajstić information content (AvgIpc) is 2.99. The van der Waals surface area contributed by atoms with E-state index in [0.29, 0.717) is 28.7 Å². The van der Waals surface area contributed by atoms with Crippen molar-refractivity contribution < 1.29 is 14.1 Å². The molecule has 0 saturated carbocycles. The Hall–Kier alpha value is -3.15. The number of ether oxygens (including phenoxy) is 1. The van der Waals surface area contributed by atoms with Gasteiger partial charge in [-0.25, -0.2) is 0 Å². The minimum absolute atomic E-state index is 0.0832. The first-order valence-corrected chi connectivity index (χ1v) is 7.92. The lowest BCUT2D eigenvalue weighted by atomic mass is 10.1. The Labute approximate surface area is 145 Å². The molecule has 1 amide bonds. The van der Waals surface area contributed by atoms with E-state index < -0.39 is 0 Å². The van der Waals surface area contributed by atoms with Crippen LogP contribution in [0.5, 0.6) is 5.75 Å². The zero-order valence-corrected chi connectivity index (χ0v) is 14.4. The second-order valence-corrected chi connectivity index (χ2v) is 5.85. The van der Waals surface area contributed by atoms with E-state index in [1.54, 1.807) is 13.0 Å². The summed E-state index contributed by atoms with van der Waals surface area (Å²) in [7, 11) is 0. The van der Waals surface area contributed by atoms with Gasteiger partial charge >= 0.3 is 0 Å². The van der Waals surface area contributed by atoms with Crippen LogP contribution in [0.25, 0.3) is 11.5 Å². The molecule has 128 valence electrons. The van der Waals surface area contributed by atoms with Gasteiger partial charge in [0, 0.05) is 0 Å². The summed E-state index contributed by atoms with van der Waals surface area (Å²) < 4.78 is 10.8. The summed E-state index contributed by atoms with van der Waals surface area (Å²) >= 11 is 0. The van der Waals surface area contributed by atoms with Crippen LogP contribution in [0.15, 0.2) is 47.0 Å². The van der Waals surface area contributed by atoms with Crippen LogP contribution in [0.2, 0.25) is 0 Å². The van der Waals surface area contributed by atoms with E-state index in [1.165, 1.54) is 0 Å². The topological polar surface area (TPSA) is 77.2 Å². The van der Waals surface area contributed by atoms with Gasteiger partial charge in [0.25, 0.3) is 11.8 Å². The number of aryl methyl sites for hydroxylation is 3. The second-order valence-electron chi connectivity index (χ2n) is 5.85. The Morgan fingerprint density at radius 2 is 1.84 bits per heavy atom. The number of nitrogens with one attached hydrogen (secondary N) is 1. The molecule has 0 fully saturated rings. The number of aromatic nitrogens is 2. The standard InChI is InChI=1S/C19H19N3O3/c1-12-8-13(2)10-15(9-12)24-11-18(23)21-17-7-5-4-6-16(17)19-20-14(3)22-25-19/h4-10H,11H2,1-3H3,(H,21,23). The lowest BCUT2D eigenvalue weighted by Gasteiger charge is -2.10. The van der Waals surface area contributed by atoms with Crippen LogP contribution in [0, 0.1) is 20.8 Å². The third-order valence-electron chi connectivity index (χ3n) is 3.52. The van der Waals surface area contributed by atoms with Gasteiger partial charge < -0.3 is 14.6 Å².